The van der Waals surface area contributed by atoms with Gasteiger partial charge >= 0.3 is 5.97 Å². The lowest BCUT2D eigenvalue weighted by atomic mass is 10.1. The van der Waals surface area contributed by atoms with E-state index in [0.29, 0.717) is 11.3 Å². The number of carbonyl (C=O) groups is 1. The van der Waals surface area contributed by atoms with E-state index in [-0.39, 0.29) is 5.69 Å². The molecular formula is C14H11N3O2. The van der Waals surface area contributed by atoms with Gasteiger partial charge in [-0.1, -0.05) is 24.3 Å². The van der Waals surface area contributed by atoms with Crippen molar-refractivity contribution in [3.63, 3.8) is 0 Å². The zero-order chi connectivity index (χ0) is 13.4. The lowest BCUT2D eigenvalue weighted by Crippen LogP contribution is -1.97. The monoisotopic (exact) mass is 253 g/mol. The third kappa shape index (κ3) is 1.76. The van der Waals surface area contributed by atoms with Crippen LogP contribution in [0.1, 0.15) is 16.1 Å². The van der Waals surface area contributed by atoms with E-state index < -0.39 is 5.97 Å². The molecule has 94 valence electrons. The van der Waals surface area contributed by atoms with Crippen LogP contribution in [-0.2, 0) is 0 Å². The molecule has 3 rings (SSSR count). The van der Waals surface area contributed by atoms with Crippen molar-refractivity contribution < 1.29 is 9.90 Å². The van der Waals surface area contributed by atoms with E-state index in [4.69, 9.17) is 0 Å². The number of fused-ring (bicyclic) bond motifs is 1. The van der Waals surface area contributed by atoms with Crippen LogP contribution in [0.3, 0.4) is 0 Å². The fourth-order valence-electron chi connectivity index (χ4n) is 2.11. The standard InChI is InChI=1S/C14H11N3O2/c1-9-4-2-3-5-10(9)13-16-12(14(18)19)11-6-7-15-8-17(11)13/h2-8H,1H3,(H,18,19). The Morgan fingerprint density at radius 1 is 1.26 bits per heavy atom. The quantitative estimate of drug-likeness (QED) is 0.761. The Labute approximate surface area is 109 Å². The molecule has 2 aromatic heterocycles. The van der Waals surface area contributed by atoms with Crippen LogP contribution in [0.2, 0.25) is 0 Å². The molecular weight excluding hydrogens is 242 g/mol. The first-order valence-electron chi connectivity index (χ1n) is 5.80. The zero-order valence-electron chi connectivity index (χ0n) is 10.2. The Balaban J connectivity index is 2.37. The topological polar surface area (TPSA) is 67.5 Å². The van der Waals surface area contributed by atoms with Crippen molar-refractivity contribution in [3.8, 4) is 11.4 Å². The lowest BCUT2D eigenvalue weighted by molar-refractivity contribution is 0.0693. The summed E-state index contributed by atoms with van der Waals surface area (Å²) in [6, 6.07) is 9.37. The van der Waals surface area contributed by atoms with Crippen LogP contribution < -0.4 is 0 Å². The van der Waals surface area contributed by atoms with Crippen molar-refractivity contribution in [3.05, 3.63) is 54.1 Å². The van der Waals surface area contributed by atoms with Crippen LogP contribution in [0.25, 0.3) is 16.9 Å². The van der Waals surface area contributed by atoms with Crippen LogP contribution >= 0.6 is 0 Å². The minimum atomic E-state index is -1.04. The summed E-state index contributed by atoms with van der Waals surface area (Å²) in [5, 5.41) is 9.22. The number of carboxylic acids is 1. The molecule has 0 saturated heterocycles. The summed E-state index contributed by atoms with van der Waals surface area (Å²) in [7, 11) is 0. The van der Waals surface area contributed by atoms with E-state index in [2.05, 4.69) is 9.97 Å². The van der Waals surface area contributed by atoms with Gasteiger partial charge in [0.05, 0.1) is 5.52 Å². The van der Waals surface area contributed by atoms with Gasteiger partial charge in [-0.15, -0.1) is 0 Å². The maximum atomic E-state index is 11.2. The Morgan fingerprint density at radius 2 is 2.05 bits per heavy atom. The van der Waals surface area contributed by atoms with Gasteiger partial charge in [0.2, 0.25) is 0 Å². The second-order valence-electron chi connectivity index (χ2n) is 4.24. The lowest BCUT2D eigenvalue weighted by Gasteiger charge is -2.03. The van der Waals surface area contributed by atoms with E-state index in [1.165, 1.54) is 0 Å². The molecule has 0 radical (unpaired) electrons. The Kier molecular flexibility index (Phi) is 2.52. The Hall–Kier alpha value is -2.69. The molecule has 0 unspecified atom stereocenters. The van der Waals surface area contributed by atoms with E-state index in [1.807, 2.05) is 31.2 Å². The van der Waals surface area contributed by atoms with Crippen LogP contribution in [0.5, 0.6) is 0 Å². The first kappa shape index (κ1) is 11.4. The highest BCUT2D eigenvalue weighted by molar-refractivity contribution is 5.94. The van der Waals surface area contributed by atoms with Crippen molar-refractivity contribution in [2.75, 3.05) is 0 Å². The second-order valence-corrected chi connectivity index (χ2v) is 4.24. The molecule has 2 heterocycles. The number of hydrogen-bond acceptors (Lipinski definition) is 3. The number of imidazole rings is 1. The number of aromatic nitrogens is 3. The number of nitrogens with zero attached hydrogens (tertiary/aromatic N) is 3. The van der Waals surface area contributed by atoms with Crippen LogP contribution in [0.15, 0.2) is 42.9 Å². The maximum Gasteiger partial charge on any atom is 0.356 e. The number of hydrogen-bond donors (Lipinski definition) is 1. The fourth-order valence-corrected chi connectivity index (χ4v) is 2.11. The fraction of sp³-hybridized carbons (Fsp3) is 0.0714. The SMILES string of the molecule is Cc1ccccc1-c1nc(C(=O)O)c2ccncn12. The van der Waals surface area contributed by atoms with Gasteiger partial charge in [-0.05, 0) is 18.6 Å². The first-order chi connectivity index (χ1) is 9.18. The van der Waals surface area contributed by atoms with Gasteiger partial charge in [-0.2, -0.15) is 0 Å². The van der Waals surface area contributed by atoms with Crippen LogP contribution in [0, 0.1) is 6.92 Å². The summed E-state index contributed by atoms with van der Waals surface area (Å²) >= 11 is 0. The van der Waals surface area contributed by atoms with Gasteiger partial charge in [-0.25, -0.2) is 14.8 Å². The van der Waals surface area contributed by atoms with Gasteiger partial charge in [0.1, 0.15) is 12.2 Å². The molecule has 0 saturated carbocycles. The van der Waals surface area contributed by atoms with E-state index in [1.54, 1.807) is 23.0 Å². The van der Waals surface area contributed by atoms with Gasteiger partial charge in [0, 0.05) is 11.8 Å². The highest BCUT2D eigenvalue weighted by Gasteiger charge is 2.18. The predicted molar refractivity (Wildman–Crippen MR) is 70.1 cm³/mol. The molecule has 0 aliphatic rings. The largest absolute Gasteiger partial charge is 0.476 e. The molecule has 1 N–H and O–H groups in total. The van der Waals surface area contributed by atoms with Gasteiger partial charge in [-0.3, -0.25) is 4.40 Å². The molecule has 0 bridgehead atoms. The molecule has 0 aliphatic heterocycles. The molecule has 1 aromatic carbocycles. The van der Waals surface area contributed by atoms with Crippen molar-refractivity contribution >= 4 is 11.5 Å². The molecule has 0 fully saturated rings. The number of aromatic carboxylic acids is 1. The number of rotatable bonds is 2. The molecule has 5 heteroatoms. The number of carboxylic acid groups (broad SMARTS) is 1. The zero-order valence-corrected chi connectivity index (χ0v) is 10.2. The number of aryl methyl sites for hydroxylation is 1. The molecule has 0 spiro atoms. The van der Waals surface area contributed by atoms with Crippen LogP contribution in [-0.4, -0.2) is 25.4 Å². The number of benzene rings is 1. The van der Waals surface area contributed by atoms with Crippen molar-refractivity contribution in [2.24, 2.45) is 0 Å². The average molecular weight is 253 g/mol. The highest BCUT2D eigenvalue weighted by Crippen LogP contribution is 2.24. The summed E-state index contributed by atoms with van der Waals surface area (Å²) < 4.78 is 1.70. The summed E-state index contributed by atoms with van der Waals surface area (Å²) in [6.45, 7) is 1.97. The van der Waals surface area contributed by atoms with Crippen molar-refractivity contribution in [1.82, 2.24) is 14.4 Å². The predicted octanol–water partition coefficient (Wildman–Crippen LogP) is 2.40. The Morgan fingerprint density at radius 3 is 2.79 bits per heavy atom. The first-order valence-corrected chi connectivity index (χ1v) is 5.80. The minimum absolute atomic E-state index is 0.0423. The van der Waals surface area contributed by atoms with E-state index in [9.17, 15) is 9.90 Å². The molecule has 0 amide bonds. The summed E-state index contributed by atoms with van der Waals surface area (Å²) in [5.41, 5.74) is 2.52. The van der Waals surface area contributed by atoms with Gasteiger partial charge in [0.15, 0.2) is 5.69 Å². The van der Waals surface area contributed by atoms with E-state index >= 15 is 0 Å². The maximum absolute atomic E-state index is 11.2. The molecule has 3 aromatic rings. The van der Waals surface area contributed by atoms with Crippen molar-refractivity contribution in [2.45, 2.75) is 6.92 Å². The minimum Gasteiger partial charge on any atom is -0.476 e. The Bertz CT molecular complexity index is 777. The summed E-state index contributed by atoms with van der Waals surface area (Å²) in [4.78, 5) is 19.5. The van der Waals surface area contributed by atoms with Gasteiger partial charge < -0.3 is 5.11 Å². The second kappa shape index (κ2) is 4.20. The van der Waals surface area contributed by atoms with Crippen molar-refractivity contribution in [1.29, 1.82) is 0 Å². The summed E-state index contributed by atoms with van der Waals surface area (Å²) in [5.74, 6) is -0.442. The normalized spacial score (nSPS) is 10.8. The summed E-state index contributed by atoms with van der Waals surface area (Å²) in [6.07, 6.45) is 3.14. The smallest absolute Gasteiger partial charge is 0.356 e. The van der Waals surface area contributed by atoms with Gasteiger partial charge in [0.25, 0.3) is 0 Å². The molecule has 19 heavy (non-hydrogen) atoms. The third-order valence-corrected chi connectivity index (χ3v) is 3.04. The third-order valence-electron chi connectivity index (χ3n) is 3.04. The molecule has 0 aliphatic carbocycles. The van der Waals surface area contributed by atoms with Crippen LogP contribution in [0.4, 0.5) is 0 Å². The molecule has 0 atom stereocenters. The average Bonchev–Trinajstić information content (AvgIpc) is 2.79. The highest BCUT2D eigenvalue weighted by atomic mass is 16.4. The molecule has 5 nitrogen and oxygen atoms in total. The van der Waals surface area contributed by atoms with E-state index in [0.717, 1.165) is 11.1 Å².